The van der Waals surface area contributed by atoms with E-state index in [1.807, 2.05) is 0 Å². The van der Waals surface area contributed by atoms with E-state index in [1.165, 1.54) is 19.3 Å². The van der Waals surface area contributed by atoms with Gasteiger partial charge in [-0.3, -0.25) is 0 Å². The molecule has 0 radical (unpaired) electrons. The highest BCUT2D eigenvalue weighted by atomic mass is 19.4. The summed E-state index contributed by atoms with van der Waals surface area (Å²) in [5.41, 5.74) is 0. The van der Waals surface area contributed by atoms with E-state index in [9.17, 15) is 13.2 Å². The molecule has 1 aliphatic rings. The van der Waals surface area contributed by atoms with Crippen molar-refractivity contribution in [3.8, 4) is 0 Å². The van der Waals surface area contributed by atoms with Crippen molar-refractivity contribution in [2.45, 2.75) is 76.8 Å². The Kier molecular flexibility index (Phi) is 6.22. The van der Waals surface area contributed by atoms with E-state index >= 15 is 0 Å². The number of hydrogen-bond donors (Lipinski definition) is 0. The Hall–Kier alpha value is -0.210. The summed E-state index contributed by atoms with van der Waals surface area (Å²) in [6.07, 6.45) is 6.11. The number of alkyl halides is 3. The summed E-state index contributed by atoms with van der Waals surface area (Å²) >= 11 is 0. The minimum absolute atomic E-state index is 0.351. The fourth-order valence-corrected chi connectivity index (χ4v) is 2.49. The van der Waals surface area contributed by atoms with Crippen molar-refractivity contribution >= 4 is 0 Å². The molecule has 0 aromatic carbocycles. The summed E-state index contributed by atoms with van der Waals surface area (Å²) in [5.74, 6) is -1.04. The Labute approximate surface area is 96.6 Å². The van der Waals surface area contributed by atoms with E-state index in [2.05, 4.69) is 0 Å². The van der Waals surface area contributed by atoms with E-state index in [0.29, 0.717) is 12.8 Å². The molecule has 0 nitrogen and oxygen atoms in total. The lowest BCUT2D eigenvalue weighted by atomic mass is 9.92. The zero-order chi connectivity index (χ0) is 11.9. The second kappa shape index (κ2) is 7.18. The lowest BCUT2D eigenvalue weighted by Gasteiger charge is -2.20. The molecular formula is C13H23F3. The summed E-state index contributed by atoms with van der Waals surface area (Å²) in [6, 6.07) is 0. The van der Waals surface area contributed by atoms with Crippen LogP contribution in [-0.4, -0.2) is 6.18 Å². The maximum absolute atomic E-state index is 12.7. The van der Waals surface area contributed by atoms with Crippen molar-refractivity contribution in [3.63, 3.8) is 0 Å². The molecule has 0 spiro atoms. The molecule has 0 aromatic heterocycles. The van der Waals surface area contributed by atoms with Crippen molar-refractivity contribution in [1.29, 1.82) is 0 Å². The Morgan fingerprint density at radius 1 is 0.562 bits per heavy atom. The second-order valence-electron chi connectivity index (χ2n) is 5.00. The van der Waals surface area contributed by atoms with Gasteiger partial charge in [-0.05, 0) is 12.8 Å². The second-order valence-corrected chi connectivity index (χ2v) is 5.00. The topological polar surface area (TPSA) is 0 Å². The highest BCUT2D eigenvalue weighted by Gasteiger charge is 2.38. The predicted octanol–water partition coefficient (Wildman–Crippen LogP) is 5.47. The van der Waals surface area contributed by atoms with Crippen LogP contribution in [0.3, 0.4) is 0 Å². The van der Waals surface area contributed by atoms with Crippen LogP contribution in [0, 0.1) is 5.92 Å². The zero-order valence-electron chi connectivity index (χ0n) is 9.99. The third kappa shape index (κ3) is 5.76. The highest BCUT2D eigenvalue weighted by Crippen LogP contribution is 2.34. The molecule has 16 heavy (non-hydrogen) atoms. The van der Waals surface area contributed by atoms with Crippen molar-refractivity contribution in [1.82, 2.24) is 0 Å². The highest BCUT2D eigenvalue weighted by molar-refractivity contribution is 4.68. The molecule has 1 rings (SSSR count). The van der Waals surface area contributed by atoms with Crippen LogP contribution in [0.2, 0.25) is 0 Å². The van der Waals surface area contributed by atoms with Crippen LogP contribution in [0.4, 0.5) is 13.2 Å². The third-order valence-corrected chi connectivity index (χ3v) is 3.57. The molecule has 1 fully saturated rings. The van der Waals surface area contributed by atoms with Crippen LogP contribution < -0.4 is 0 Å². The van der Waals surface area contributed by atoms with Crippen molar-refractivity contribution in [2.75, 3.05) is 0 Å². The largest absolute Gasteiger partial charge is 0.391 e. The summed E-state index contributed by atoms with van der Waals surface area (Å²) in [7, 11) is 0. The van der Waals surface area contributed by atoms with Gasteiger partial charge in [0.25, 0.3) is 0 Å². The molecule has 0 saturated heterocycles. The Morgan fingerprint density at radius 3 is 1.19 bits per heavy atom. The molecule has 1 saturated carbocycles. The van der Waals surface area contributed by atoms with E-state index in [1.54, 1.807) is 0 Å². The van der Waals surface area contributed by atoms with Crippen molar-refractivity contribution in [3.05, 3.63) is 0 Å². The Bertz CT molecular complexity index is 163. The first kappa shape index (κ1) is 13.9. The third-order valence-electron chi connectivity index (χ3n) is 3.57. The molecule has 0 bridgehead atoms. The standard InChI is InChI=1S/C13H23F3/c14-13(15,16)12-10-8-6-4-2-1-3-5-7-9-11-12/h12H,1-11H2. The fourth-order valence-electron chi connectivity index (χ4n) is 2.49. The van der Waals surface area contributed by atoms with Gasteiger partial charge in [0.1, 0.15) is 0 Å². The number of hydrogen-bond acceptors (Lipinski definition) is 0. The molecule has 96 valence electrons. The maximum atomic E-state index is 12.7. The summed E-state index contributed by atoms with van der Waals surface area (Å²) in [6.45, 7) is 0. The van der Waals surface area contributed by atoms with Gasteiger partial charge in [-0.25, -0.2) is 0 Å². The quantitative estimate of drug-likeness (QED) is 0.523. The normalized spacial score (nSPS) is 23.4. The van der Waals surface area contributed by atoms with Gasteiger partial charge in [-0.2, -0.15) is 13.2 Å². The first-order valence-electron chi connectivity index (χ1n) is 6.67. The van der Waals surface area contributed by atoms with Crippen molar-refractivity contribution in [2.24, 2.45) is 5.92 Å². The molecule has 0 atom stereocenters. The lowest BCUT2D eigenvalue weighted by molar-refractivity contribution is -0.178. The van der Waals surface area contributed by atoms with E-state index in [-0.39, 0.29) is 0 Å². The van der Waals surface area contributed by atoms with Crippen molar-refractivity contribution < 1.29 is 13.2 Å². The van der Waals surface area contributed by atoms with Crippen LogP contribution in [0.15, 0.2) is 0 Å². The molecule has 0 aromatic rings. The molecular weight excluding hydrogens is 213 g/mol. The summed E-state index contributed by atoms with van der Waals surface area (Å²) < 4.78 is 38.0. The first-order chi connectivity index (χ1) is 7.61. The molecule has 3 heteroatoms. The van der Waals surface area contributed by atoms with E-state index < -0.39 is 12.1 Å². The smallest absolute Gasteiger partial charge is 0.171 e. The molecule has 0 amide bonds. The molecule has 0 unspecified atom stereocenters. The van der Waals surface area contributed by atoms with Gasteiger partial charge in [0.15, 0.2) is 0 Å². The van der Waals surface area contributed by atoms with Gasteiger partial charge in [0.05, 0.1) is 5.92 Å². The van der Waals surface area contributed by atoms with Crippen LogP contribution in [0.5, 0.6) is 0 Å². The van der Waals surface area contributed by atoms with Gasteiger partial charge in [0, 0.05) is 0 Å². The minimum atomic E-state index is -3.97. The maximum Gasteiger partial charge on any atom is 0.391 e. The van der Waals surface area contributed by atoms with Gasteiger partial charge in [0.2, 0.25) is 0 Å². The molecule has 1 aliphatic carbocycles. The van der Waals surface area contributed by atoms with Crippen LogP contribution >= 0.6 is 0 Å². The Morgan fingerprint density at radius 2 is 0.875 bits per heavy atom. The fraction of sp³-hybridized carbons (Fsp3) is 1.00. The number of rotatable bonds is 0. The Balaban J connectivity index is 2.36. The zero-order valence-corrected chi connectivity index (χ0v) is 9.99. The number of halogens is 3. The van der Waals surface area contributed by atoms with Gasteiger partial charge < -0.3 is 0 Å². The first-order valence-corrected chi connectivity index (χ1v) is 6.67. The molecule has 0 aliphatic heterocycles. The monoisotopic (exact) mass is 236 g/mol. The van der Waals surface area contributed by atoms with Crippen LogP contribution in [0.1, 0.15) is 70.6 Å². The summed E-state index contributed by atoms with van der Waals surface area (Å²) in [5, 5.41) is 0. The van der Waals surface area contributed by atoms with Gasteiger partial charge in [-0.15, -0.1) is 0 Å². The average Bonchev–Trinajstić information content (AvgIpc) is 2.16. The minimum Gasteiger partial charge on any atom is -0.171 e. The van der Waals surface area contributed by atoms with E-state index in [4.69, 9.17) is 0 Å². The molecule has 0 N–H and O–H groups in total. The lowest BCUT2D eigenvalue weighted by Crippen LogP contribution is -2.23. The van der Waals surface area contributed by atoms with Crippen LogP contribution in [-0.2, 0) is 0 Å². The van der Waals surface area contributed by atoms with Gasteiger partial charge in [-0.1, -0.05) is 57.8 Å². The van der Waals surface area contributed by atoms with E-state index in [0.717, 1.165) is 38.5 Å². The molecule has 0 heterocycles. The van der Waals surface area contributed by atoms with Gasteiger partial charge >= 0.3 is 6.18 Å². The van der Waals surface area contributed by atoms with Crippen LogP contribution in [0.25, 0.3) is 0 Å². The predicted molar refractivity (Wildman–Crippen MR) is 60.3 cm³/mol. The average molecular weight is 236 g/mol. The summed E-state index contributed by atoms with van der Waals surface area (Å²) in [4.78, 5) is 0. The SMILES string of the molecule is FC(F)(F)C1CCCCCCCCCCC1.